The van der Waals surface area contributed by atoms with Gasteiger partial charge >= 0.3 is 0 Å². The van der Waals surface area contributed by atoms with Gasteiger partial charge in [0, 0.05) is 11.3 Å². The molecule has 0 aliphatic carbocycles. The number of phenolic OH excluding ortho intramolecular Hbond substituents is 1. The Kier molecular flexibility index (Phi) is 5.78. The summed E-state index contributed by atoms with van der Waals surface area (Å²) in [5.41, 5.74) is 4.86. The second-order valence-corrected chi connectivity index (χ2v) is 5.31. The molecule has 2 aromatic carbocycles. The summed E-state index contributed by atoms with van der Waals surface area (Å²) in [7, 11) is 1.47. The van der Waals surface area contributed by atoms with Crippen molar-refractivity contribution >= 4 is 17.8 Å². The molecule has 0 saturated heterocycles. The minimum absolute atomic E-state index is 0.0240. The molecular weight excluding hydrogens is 306 g/mol. The molecule has 24 heavy (non-hydrogen) atoms. The summed E-state index contributed by atoms with van der Waals surface area (Å²) in [5.74, 6) is 0.0424. The fourth-order valence-electron chi connectivity index (χ4n) is 2.10. The van der Waals surface area contributed by atoms with Gasteiger partial charge in [0.05, 0.1) is 13.3 Å². The van der Waals surface area contributed by atoms with Crippen LogP contribution in [0.5, 0.6) is 11.5 Å². The van der Waals surface area contributed by atoms with Gasteiger partial charge in [-0.3, -0.25) is 4.79 Å². The fraction of sp³-hybridized carbons (Fsp3) is 0.222. The van der Waals surface area contributed by atoms with Crippen molar-refractivity contribution in [3.8, 4) is 11.5 Å². The van der Waals surface area contributed by atoms with Crippen LogP contribution in [0, 0.1) is 6.92 Å². The van der Waals surface area contributed by atoms with Crippen LogP contribution in [0.3, 0.4) is 0 Å². The Morgan fingerprint density at radius 3 is 2.71 bits per heavy atom. The van der Waals surface area contributed by atoms with Gasteiger partial charge in [0.25, 0.3) is 5.91 Å². The number of carbonyl (C=O) groups excluding carboxylic acids is 1. The third-order valence-corrected chi connectivity index (χ3v) is 3.54. The van der Waals surface area contributed by atoms with E-state index in [1.165, 1.54) is 13.3 Å². The average Bonchev–Trinajstić information content (AvgIpc) is 2.58. The van der Waals surface area contributed by atoms with Crippen LogP contribution in [0.4, 0.5) is 5.69 Å². The highest BCUT2D eigenvalue weighted by atomic mass is 16.5. The summed E-state index contributed by atoms with van der Waals surface area (Å²) in [6.07, 6.45) is 1.37. The molecule has 6 nitrogen and oxygen atoms in total. The van der Waals surface area contributed by atoms with Gasteiger partial charge in [-0.2, -0.15) is 5.10 Å². The number of nitrogens with one attached hydrogen (secondary N) is 2. The number of phenols is 1. The van der Waals surface area contributed by atoms with Crippen LogP contribution in [0.1, 0.15) is 18.1 Å². The van der Waals surface area contributed by atoms with Gasteiger partial charge in [0.2, 0.25) is 0 Å². The van der Waals surface area contributed by atoms with Crippen LogP contribution in [-0.2, 0) is 4.79 Å². The molecule has 0 spiro atoms. The van der Waals surface area contributed by atoms with Gasteiger partial charge < -0.3 is 15.2 Å². The van der Waals surface area contributed by atoms with Gasteiger partial charge in [0.15, 0.2) is 11.5 Å². The molecule has 0 heterocycles. The van der Waals surface area contributed by atoms with E-state index in [-0.39, 0.29) is 11.7 Å². The molecule has 1 atom stereocenters. The van der Waals surface area contributed by atoms with E-state index in [0.29, 0.717) is 11.3 Å². The van der Waals surface area contributed by atoms with Crippen LogP contribution in [0.25, 0.3) is 0 Å². The molecule has 0 radical (unpaired) electrons. The molecule has 0 aromatic heterocycles. The normalized spacial score (nSPS) is 12.0. The number of rotatable bonds is 6. The van der Waals surface area contributed by atoms with E-state index in [9.17, 15) is 9.90 Å². The van der Waals surface area contributed by atoms with E-state index in [2.05, 4.69) is 15.8 Å². The molecule has 2 aromatic rings. The monoisotopic (exact) mass is 327 g/mol. The summed E-state index contributed by atoms with van der Waals surface area (Å²) >= 11 is 0. The number of amides is 1. The third kappa shape index (κ3) is 4.25. The number of hydrogen-bond acceptors (Lipinski definition) is 5. The predicted molar refractivity (Wildman–Crippen MR) is 94.7 cm³/mol. The minimum Gasteiger partial charge on any atom is -0.504 e. The molecular formula is C18H21N3O3. The summed E-state index contributed by atoms with van der Waals surface area (Å²) in [6, 6.07) is 12.3. The van der Waals surface area contributed by atoms with Crippen molar-refractivity contribution in [1.29, 1.82) is 0 Å². The smallest absolute Gasteiger partial charge is 0.262 e. The average molecular weight is 327 g/mol. The van der Waals surface area contributed by atoms with Gasteiger partial charge in [-0.05, 0) is 37.6 Å². The van der Waals surface area contributed by atoms with E-state index in [4.69, 9.17) is 4.74 Å². The first-order valence-electron chi connectivity index (χ1n) is 7.54. The molecule has 0 bridgehead atoms. The number of nitrogens with zero attached hydrogens (tertiary/aromatic N) is 1. The Morgan fingerprint density at radius 1 is 1.25 bits per heavy atom. The van der Waals surface area contributed by atoms with E-state index >= 15 is 0 Å². The highest BCUT2D eigenvalue weighted by Gasteiger charge is 2.12. The molecule has 1 amide bonds. The highest BCUT2D eigenvalue weighted by molar-refractivity contribution is 5.88. The van der Waals surface area contributed by atoms with Crippen molar-refractivity contribution in [3.63, 3.8) is 0 Å². The van der Waals surface area contributed by atoms with Crippen LogP contribution in [0.15, 0.2) is 47.6 Å². The Morgan fingerprint density at radius 2 is 2.00 bits per heavy atom. The maximum absolute atomic E-state index is 12.1. The first-order valence-corrected chi connectivity index (χ1v) is 7.54. The van der Waals surface area contributed by atoms with Crippen molar-refractivity contribution in [2.45, 2.75) is 19.9 Å². The first kappa shape index (κ1) is 17.3. The van der Waals surface area contributed by atoms with Gasteiger partial charge in [0.1, 0.15) is 6.04 Å². The molecule has 0 fully saturated rings. The standard InChI is InChI=1S/C18H21N3O3/c1-12-7-4-5-9-15(12)20-13(2)18(23)21-19-11-14-8-6-10-16(24-3)17(14)22/h4-11,13,20,22H,1-3H3,(H,21,23)/b19-11+. The van der Waals surface area contributed by atoms with Crippen LogP contribution in [0.2, 0.25) is 0 Å². The molecule has 2 rings (SSSR count). The first-order chi connectivity index (χ1) is 11.5. The summed E-state index contributed by atoms with van der Waals surface area (Å²) in [5, 5.41) is 17.0. The Labute approximate surface area is 141 Å². The lowest BCUT2D eigenvalue weighted by Crippen LogP contribution is -2.35. The van der Waals surface area contributed by atoms with Crippen LogP contribution in [-0.4, -0.2) is 30.4 Å². The molecule has 126 valence electrons. The lowest BCUT2D eigenvalue weighted by molar-refractivity contribution is -0.121. The van der Waals surface area contributed by atoms with Gasteiger partial charge in [-0.1, -0.05) is 24.3 Å². The quantitative estimate of drug-likeness (QED) is 0.563. The summed E-state index contributed by atoms with van der Waals surface area (Å²) in [6.45, 7) is 3.72. The summed E-state index contributed by atoms with van der Waals surface area (Å²) in [4.78, 5) is 12.1. The zero-order valence-corrected chi connectivity index (χ0v) is 13.9. The van der Waals surface area contributed by atoms with E-state index in [0.717, 1.165) is 11.3 Å². The number of aromatic hydroxyl groups is 1. The topological polar surface area (TPSA) is 83.0 Å². The third-order valence-electron chi connectivity index (χ3n) is 3.54. The van der Waals surface area contributed by atoms with E-state index in [1.807, 2.05) is 31.2 Å². The van der Waals surface area contributed by atoms with Gasteiger partial charge in [-0.15, -0.1) is 0 Å². The number of hydrogen-bond donors (Lipinski definition) is 3. The van der Waals surface area contributed by atoms with Gasteiger partial charge in [-0.25, -0.2) is 5.43 Å². The fourth-order valence-corrected chi connectivity index (χ4v) is 2.10. The molecule has 0 saturated carbocycles. The lowest BCUT2D eigenvalue weighted by Gasteiger charge is -2.15. The molecule has 0 aliphatic rings. The number of para-hydroxylation sites is 2. The highest BCUT2D eigenvalue weighted by Crippen LogP contribution is 2.27. The van der Waals surface area contributed by atoms with Crippen LogP contribution >= 0.6 is 0 Å². The number of anilines is 1. The zero-order valence-electron chi connectivity index (χ0n) is 13.9. The molecule has 3 N–H and O–H groups in total. The van der Waals surface area contributed by atoms with Crippen molar-refractivity contribution in [2.75, 3.05) is 12.4 Å². The molecule has 6 heteroatoms. The number of ether oxygens (including phenoxy) is 1. The number of carbonyl (C=O) groups is 1. The second-order valence-electron chi connectivity index (χ2n) is 5.31. The predicted octanol–water partition coefficient (Wildman–Crippen LogP) is 2.66. The van der Waals surface area contributed by atoms with E-state index in [1.54, 1.807) is 25.1 Å². The lowest BCUT2D eigenvalue weighted by atomic mass is 10.2. The number of hydrazone groups is 1. The molecule has 1 unspecified atom stereocenters. The number of aryl methyl sites for hydroxylation is 1. The minimum atomic E-state index is -0.456. The van der Waals surface area contributed by atoms with Crippen molar-refractivity contribution < 1.29 is 14.6 Å². The maximum Gasteiger partial charge on any atom is 0.262 e. The Hall–Kier alpha value is -3.02. The number of benzene rings is 2. The van der Waals surface area contributed by atoms with E-state index < -0.39 is 6.04 Å². The SMILES string of the molecule is COc1cccc(/C=N/NC(=O)C(C)Nc2ccccc2C)c1O. The second kappa shape index (κ2) is 8.01. The maximum atomic E-state index is 12.1. The largest absolute Gasteiger partial charge is 0.504 e. The van der Waals surface area contributed by atoms with Crippen molar-refractivity contribution in [1.82, 2.24) is 5.43 Å². The Bertz CT molecular complexity index is 744. The van der Waals surface area contributed by atoms with Crippen molar-refractivity contribution in [3.05, 3.63) is 53.6 Å². The molecule has 0 aliphatic heterocycles. The number of methoxy groups -OCH3 is 1. The Balaban J connectivity index is 1.96. The summed E-state index contributed by atoms with van der Waals surface area (Å²) < 4.78 is 5.02. The van der Waals surface area contributed by atoms with Crippen molar-refractivity contribution in [2.24, 2.45) is 5.10 Å². The zero-order chi connectivity index (χ0) is 17.5. The van der Waals surface area contributed by atoms with Crippen LogP contribution < -0.4 is 15.5 Å².